The fourth-order valence-electron chi connectivity index (χ4n) is 3.33. The first kappa shape index (κ1) is 18.0. The molecular weight excluding hydrogens is 343 g/mol. The Labute approximate surface area is 150 Å². The lowest BCUT2D eigenvalue weighted by molar-refractivity contribution is 0.0261. The number of aromatic amines is 1. The largest absolute Gasteiger partial charge is 0.492 e. The summed E-state index contributed by atoms with van der Waals surface area (Å²) < 4.78 is 19.9. The number of hydrogen-bond acceptors (Lipinski definition) is 3. The predicted molar refractivity (Wildman–Crippen MR) is 99.1 cm³/mol. The summed E-state index contributed by atoms with van der Waals surface area (Å²) in [5.74, 6) is 0.647. The van der Waals surface area contributed by atoms with Gasteiger partial charge in [0.2, 0.25) is 0 Å². The number of benzene rings is 1. The smallest absolute Gasteiger partial charge is 0.253 e. The number of aromatic nitrogens is 1. The average molecular weight is 365 g/mol. The Bertz CT molecular complexity index is 870. The topological polar surface area (TPSA) is 68.1 Å². The second-order valence-electron chi connectivity index (χ2n) is 6.83. The number of pyridine rings is 1. The monoisotopic (exact) mass is 364 g/mol. The average Bonchev–Trinajstić information content (AvgIpc) is 2.50. The van der Waals surface area contributed by atoms with Crippen LogP contribution in [-0.2, 0) is 0 Å². The summed E-state index contributed by atoms with van der Waals surface area (Å²) >= 11 is 6.29. The van der Waals surface area contributed by atoms with E-state index in [1.54, 1.807) is 37.3 Å². The highest BCUT2D eigenvalue weighted by atomic mass is 35.5. The van der Waals surface area contributed by atoms with E-state index in [9.17, 15) is 9.18 Å². The van der Waals surface area contributed by atoms with Gasteiger partial charge in [0.25, 0.3) is 5.56 Å². The highest BCUT2D eigenvalue weighted by Crippen LogP contribution is 2.43. The number of alkyl halides is 1. The number of rotatable bonds is 5. The first-order valence-electron chi connectivity index (χ1n) is 8.39. The number of hydrogen-bond donors (Lipinski definition) is 2. The van der Waals surface area contributed by atoms with Gasteiger partial charge in [-0.05, 0) is 44.7 Å². The maximum absolute atomic E-state index is 14.1. The molecule has 3 rings (SSSR count). The molecule has 0 radical (unpaired) electrons. The third-order valence-electron chi connectivity index (χ3n) is 4.61. The van der Waals surface area contributed by atoms with Crippen molar-refractivity contribution in [1.82, 2.24) is 4.98 Å². The first-order valence-corrected chi connectivity index (χ1v) is 8.77. The fourth-order valence-corrected chi connectivity index (χ4v) is 3.56. The SMILES string of the molecule is C/C=C/C1(F)CC(COc2cc3[nH]c(=O)c(C(C)N)cc3cc2Cl)C1. The van der Waals surface area contributed by atoms with Crippen LogP contribution in [0.25, 0.3) is 10.9 Å². The molecule has 25 heavy (non-hydrogen) atoms. The number of nitrogens with two attached hydrogens (primary N) is 1. The van der Waals surface area contributed by atoms with Crippen LogP contribution in [0.1, 0.15) is 38.3 Å². The van der Waals surface area contributed by atoms with Crippen LogP contribution < -0.4 is 16.0 Å². The standard InChI is InChI=1S/C19H22ClFN2O2/c1-3-4-19(21)8-12(9-19)10-25-17-7-16-13(6-15(17)20)5-14(11(2)22)18(24)23-16/h3-7,11-12H,8-10,22H2,1-2H3,(H,23,24)/b4-3+. The van der Waals surface area contributed by atoms with Gasteiger partial charge in [-0.25, -0.2) is 4.39 Å². The molecule has 1 saturated carbocycles. The van der Waals surface area contributed by atoms with Crippen LogP contribution in [0.4, 0.5) is 4.39 Å². The molecule has 0 saturated heterocycles. The summed E-state index contributed by atoms with van der Waals surface area (Å²) in [5.41, 5.74) is 5.53. The van der Waals surface area contributed by atoms with Crippen LogP contribution in [0.15, 0.2) is 35.1 Å². The Morgan fingerprint density at radius 3 is 2.84 bits per heavy atom. The van der Waals surface area contributed by atoms with Crippen molar-refractivity contribution in [3.63, 3.8) is 0 Å². The molecule has 1 aromatic heterocycles. The number of allylic oxidation sites excluding steroid dienone is 2. The van der Waals surface area contributed by atoms with Gasteiger partial charge in [0.05, 0.1) is 17.1 Å². The number of halogens is 2. The molecule has 6 heteroatoms. The number of fused-ring (bicyclic) bond motifs is 1. The molecular formula is C19H22ClFN2O2. The summed E-state index contributed by atoms with van der Waals surface area (Å²) in [4.78, 5) is 14.9. The van der Waals surface area contributed by atoms with Gasteiger partial charge in [-0.2, -0.15) is 0 Å². The zero-order chi connectivity index (χ0) is 18.2. The molecule has 1 heterocycles. The van der Waals surface area contributed by atoms with Gasteiger partial charge in [0, 0.05) is 23.1 Å². The zero-order valence-corrected chi connectivity index (χ0v) is 15.1. The molecule has 134 valence electrons. The summed E-state index contributed by atoms with van der Waals surface area (Å²) in [6.45, 7) is 3.97. The second-order valence-corrected chi connectivity index (χ2v) is 7.24. The van der Waals surface area contributed by atoms with Gasteiger partial charge >= 0.3 is 0 Å². The maximum atomic E-state index is 14.1. The Hall–Kier alpha value is -1.85. The number of nitrogens with one attached hydrogen (secondary N) is 1. The van der Waals surface area contributed by atoms with E-state index in [2.05, 4.69) is 4.98 Å². The van der Waals surface area contributed by atoms with Gasteiger partial charge in [-0.1, -0.05) is 23.8 Å². The molecule has 1 atom stereocenters. The van der Waals surface area contributed by atoms with Crippen molar-refractivity contribution < 1.29 is 9.13 Å². The molecule has 4 nitrogen and oxygen atoms in total. The molecule has 1 unspecified atom stereocenters. The molecule has 1 aliphatic rings. The van der Waals surface area contributed by atoms with Crippen LogP contribution >= 0.6 is 11.6 Å². The van der Waals surface area contributed by atoms with Crippen molar-refractivity contribution in [3.8, 4) is 5.75 Å². The summed E-state index contributed by atoms with van der Waals surface area (Å²) in [7, 11) is 0. The molecule has 0 aliphatic heterocycles. The highest BCUT2D eigenvalue weighted by molar-refractivity contribution is 6.32. The Kier molecular flexibility index (Phi) is 4.89. The van der Waals surface area contributed by atoms with Crippen molar-refractivity contribution in [3.05, 3.63) is 51.3 Å². The minimum Gasteiger partial charge on any atom is -0.492 e. The molecule has 0 bridgehead atoms. The van der Waals surface area contributed by atoms with Gasteiger partial charge in [0.1, 0.15) is 11.4 Å². The van der Waals surface area contributed by atoms with E-state index in [4.69, 9.17) is 22.1 Å². The summed E-state index contributed by atoms with van der Waals surface area (Å²) in [5, 5.41) is 1.25. The minimum absolute atomic E-state index is 0.160. The third-order valence-corrected chi connectivity index (χ3v) is 4.91. The number of ether oxygens (including phenoxy) is 1. The van der Waals surface area contributed by atoms with E-state index < -0.39 is 5.67 Å². The molecule has 3 N–H and O–H groups in total. The molecule has 1 aliphatic carbocycles. The molecule has 2 aromatic rings. The normalized spacial score (nSPS) is 24.4. The highest BCUT2D eigenvalue weighted by Gasteiger charge is 2.42. The lowest BCUT2D eigenvalue weighted by Crippen LogP contribution is -2.40. The van der Waals surface area contributed by atoms with Crippen LogP contribution in [0, 0.1) is 5.92 Å². The third kappa shape index (κ3) is 3.72. The van der Waals surface area contributed by atoms with Crippen LogP contribution in [0.2, 0.25) is 5.02 Å². The summed E-state index contributed by atoms with van der Waals surface area (Å²) in [6, 6.07) is 4.83. The van der Waals surface area contributed by atoms with Gasteiger partial charge in [-0.15, -0.1) is 0 Å². The molecule has 1 fully saturated rings. The lowest BCUT2D eigenvalue weighted by atomic mass is 9.72. The summed E-state index contributed by atoms with van der Waals surface area (Å²) in [6.07, 6.45) is 4.26. The van der Waals surface area contributed by atoms with Crippen molar-refractivity contribution in [2.24, 2.45) is 11.7 Å². The van der Waals surface area contributed by atoms with E-state index in [1.807, 2.05) is 6.92 Å². The van der Waals surface area contributed by atoms with E-state index >= 15 is 0 Å². The fraction of sp³-hybridized carbons (Fsp3) is 0.421. The van der Waals surface area contributed by atoms with Gasteiger partial charge in [0.15, 0.2) is 0 Å². The second kappa shape index (κ2) is 6.81. The number of H-pyrrole nitrogens is 1. The minimum atomic E-state index is -1.20. The van der Waals surface area contributed by atoms with Crippen LogP contribution in [0.5, 0.6) is 5.75 Å². The van der Waals surface area contributed by atoms with E-state index in [0.29, 0.717) is 41.3 Å². The lowest BCUT2D eigenvalue weighted by Gasteiger charge is -2.39. The Morgan fingerprint density at radius 1 is 1.48 bits per heavy atom. The molecule has 1 aromatic carbocycles. The van der Waals surface area contributed by atoms with E-state index in [-0.39, 0.29) is 17.5 Å². The molecule has 0 amide bonds. The maximum Gasteiger partial charge on any atom is 0.253 e. The first-order chi connectivity index (χ1) is 11.8. The predicted octanol–water partition coefficient (Wildman–Crippen LogP) is 4.27. The van der Waals surface area contributed by atoms with Gasteiger partial charge < -0.3 is 15.5 Å². The van der Waals surface area contributed by atoms with Crippen LogP contribution in [0.3, 0.4) is 0 Å². The quantitative estimate of drug-likeness (QED) is 0.778. The van der Waals surface area contributed by atoms with Gasteiger partial charge in [-0.3, -0.25) is 4.79 Å². The van der Waals surface area contributed by atoms with Crippen molar-refractivity contribution in [2.75, 3.05) is 6.61 Å². The Morgan fingerprint density at radius 2 is 2.20 bits per heavy atom. The van der Waals surface area contributed by atoms with E-state index in [1.165, 1.54) is 0 Å². The van der Waals surface area contributed by atoms with E-state index in [0.717, 1.165) is 5.39 Å². The zero-order valence-electron chi connectivity index (χ0n) is 14.3. The van der Waals surface area contributed by atoms with Crippen molar-refractivity contribution >= 4 is 22.5 Å². The molecule has 0 spiro atoms. The van der Waals surface area contributed by atoms with Crippen LogP contribution in [-0.4, -0.2) is 17.3 Å². The Balaban J connectivity index is 1.76. The van der Waals surface area contributed by atoms with Crippen molar-refractivity contribution in [1.29, 1.82) is 0 Å². The van der Waals surface area contributed by atoms with Crippen molar-refractivity contribution in [2.45, 2.75) is 38.4 Å².